The van der Waals surface area contributed by atoms with E-state index in [4.69, 9.17) is 9.47 Å². The van der Waals surface area contributed by atoms with Gasteiger partial charge >= 0.3 is 0 Å². The van der Waals surface area contributed by atoms with Crippen LogP contribution >= 0.6 is 0 Å². The lowest BCUT2D eigenvalue weighted by Gasteiger charge is -2.16. The minimum Gasteiger partial charge on any atom is -0.497 e. The van der Waals surface area contributed by atoms with E-state index in [9.17, 15) is 5.11 Å². The monoisotopic (exact) mass is 346 g/mol. The molecule has 1 rings (SSSR count). The zero-order valence-corrected chi connectivity index (χ0v) is 16.7. The van der Waals surface area contributed by atoms with Crippen molar-refractivity contribution >= 4 is 8.07 Å². The van der Waals surface area contributed by atoms with Crippen molar-refractivity contribution in [3.8, 4) is 17.2 Å². The standard InChI is InChI=1S/C20H30O3Si/c1-16(20(21)17(2)12-14-24(4,5)6)11-13-23-15-18-7-9-19(22-3)10-8-18/h7-11,17,20-21H,13,15H2,1-6H3/b16-11+/t17-,20+/m0/s1. The normalized spacial score (nSPS) is 14.5. The van der Waals surface area contributed by atoms with E-state index in [1.165, 1.54) is 0 Å². The topological polar surface area (TPSA) is 38.7 Å². The van der Waals surface area contributed by atoms with Crippen LogP contribution in [-0.4, -0.2) is 33.0 Å². The van der Waals surface area contributed by atoms with Crippen molar-refractivity contribution < 1.29 is 14.6 Å². The van der Waals surface area contributed by atoms with Crippen LogP contribution in [-0.2, 0) is 11.3 Å². The number of benzene rings is 1. The summed E-state index contributed by atoms with van der Waals surface area (Å²) in [6.45, 7) is 11.5. The van der Waals surface area contributed by atoms with Gasteiger partial charge in [-0.2, -0.15) is 0 Å². The Kier molecular flexibility index (Phi) is 8.27. The minimum atomic E-state index is -1.40. The van der Waals surface area contributed by atoms with Gasteiger partial charge in [0.1, 0.15) is 13.8 Å². The van der Waals surface area contributed by atoms with Crippen LogP contribution in [0.3, 0.4) is 0 Å². The molecule has 24 heavy (non-hydrogen) atoms. The second-order valence-electron chi connectivity index (χ2n) is 7.06. The molecule has 1 aromatic carbocycles. The summed E-state index contributed by atoms with van der Waals surface area (Å²) >= 11 is 0. The van der Waals surface area contributed by atoms with Gasteiger partial charge in [0.25, 0.3) is 0 Å². The summed E-state index contributed by atoms with van der Waals surface area (Å²) in [6, 6.07) is 7.81. The Balaban J connectivity index is 2.46. The minimum absolute atomic E-state index is 0.0606. The molecule has 0 fully saturated rings. The van der Waals surface area contributed by atoms with Gasteiger partial charge < -0.3 is 14.6 Å². The number of ether oxygens (including phenoxy) is 2. The Morgan fingerprint density at radius 1 is 1.25 bits per heavy atom. The molecule has 2 atom stereocenters. The number of hydrogen-bond donors (Lipinski definition) is 1. The van der Waals surface area contributed by atoms with Crippen molar-refractivity contribution in [2.45, 2.75) is 46.2 Å². The molecule has 3 nitrogen and oxygen atoms in total. The van der Waals surface area contributed by atoms with Crippen LogP contribution in [0.1, 0.15) is 19.4 Å². The van der Waals surface area contributed by atoms with Crippen molar-refractivity contribution in [3.05, 3.63) is 41.5 Å². The van der Waals surface area contributed by atoms with E-state index >= 15 is 0 Å². The van der Waals surface area contributed by atoms with Gasteiger partial charge in [-0.25, -0.2) is 0 Å². The molecule has 0 aliphatic rings. The van der Waals surface area contributed by atoms with Gasteiger partial charge in [-0.05, 0) is 37.1 Å². The molecule has 0 radical (unpaired) electrons. The van der Waals surface area contributed by atoms with Gasteiger partial charge in [-0.3, -0.25) is 0 Å². The molecule has 0 aliphatic carbocycles. The van der Waals surface area contributed by atoms with Gasteiger partial charge in [-0.15, -0.1) is 11.5 Å². The Morgan fingerprint density at radius 2 is 1.88 bits per heavy atom. The average molecular weight is 347 g/mol. The lowest BCUT2D eigenvalue weighted by Crippen LogP contribution is -2.21. The largest absolute Gasteiger partial charge is 0.497 e. The van der Waals surface area contributed by atoms with Crippen LogP contribution in [0.15, 0.2) is 35.9 Å². The SMILES string of the molecule is COc1ccc(COC/C=C(\C)[C@@H](O)[C@@H](C)C#C[Si](C)(C)C)cc1. The third-order valence-corrected chi connectivity index (χ3v) is 4.46. The summed E-state index contributed by atoms with van der Waals surface area (Å²) in [4.78, 5) is 0. The first-order valence-electron chi connectivity index (χ1n) is 8.31. The molecule has 0 aromatic heterocycles. The van der Waals surface area contributed by atoms with Crippen LogP contribution in [0.4, 0.5) is 0 Å². The highest BCUT2D eigenvalue weighted by Gasteiger charge is 2.15. The molecule has 1 N–H and O–H groups in total. The fourth-order valence-electron chi connectivity index (χ4n) is 2.01. The van der Waals surface area contributed by atoms with E-state index in [0.717, 1.165) is 16.9 Å². The average Bonchev–Trinajstić information content (AvgIpc) is 2.55. The van der Waals surface area contributed by atoms with Crippen LogP contribution in [0.5, 0.6) is 5.75 Å². The highest BCUT2D eigenvalue weighted by atomic mass is 28.3. The number of hydrogen-bond acceptors (Lipinski definition) is 3. The van der Waals surface area contributed by atoms with E-state index in [-0.39, 0.29) is 5.92 Å². The summed E-state index contributed by atoms with van der Waals surface area (Å²) < 4.78 is 10.8. The summed E-state index contributed by atoms with van der Waals surface area (Å²) in [5.74, 6) is 3.98. The lowest BCUT2D eigenvalue weighted by atomic mass is 9.99. The van der Waals surface area contributed by atoms with Crippen molar-refractivity contribution in [2.75, 3.05) is 13.7 Å². The predicted molar refractivity (Wildman–Crippen MR) is 103 cm³/mol. The third-order valence-electron chi connectivity index (χ3n) is 3.57. The molecule has 1 aromatic rings. The highest BCUT2D eigenvalue weighted by molar-refractivity contribution is 6.83. The maximum atomic E-state index is 10.3. The van der Waals surface area contributed by atoms with Gasteiger partial charge in [0.15, 0.2) is 0 Å². The molecule has 0 bridgehead atoms. The van der Waals surface area contributed by atoms with Crippen molar-refractivity contribution in [1.29, 1.82) is 0 Å². The quantitative estimate of drug-likeness (QED) is 0.350. The van der Waals surface area contributed by atoms with Gasteiger partial charge in [0.2, 0.25) is 0 Å². The number of aliphatic hydroxyl groups is 1. The molecular weight excluding hydrogens is 316 g/mol. The zero-order chi connectivity index (χ0) is 18.2. The maximum Gasteiger partial charge on any atom is 0.129 e. The van der Waals surface area contributed by atoms with Gasteiger partial charge in [0, 0.05) is 5.92 Å². The van der Waals surface area contributed by atoms with Crippen LogP contribution in [0.2, 0.25) is 19.6 Å². The molecule has 132 valence electrons. The molecule has 0 saturated heterocycles. The number of methoxy groups -OCH3 is 1. The van der Waals surface area contributed by atoms with Crippen molar-refractivity contribution in [1.82, 2.24) is 0 Å². The Hall–Kier alpha value is -1.54. The first kappa shape index (κ1) is 20.5. The first-order chi connectivity index (χ1) is 11.2. The van der Waals surface area contributed by atoms with Gasteiger partial charge in [0.05, 0.1) is 26.4 Å². The summed E-state index contributed by atoms with van der Waals surface area (Å²) in [5.41, 5.74) is 5.31. The molecule has 0 aliphatic heterocycles. The molecule has 0 spiro atoms. The summed E-state index contributed by atoms with van der Waals surface area (Å²) in [6.07, 6.45) is 1.39. The van der Waals surface area contributed by atoms with E-state index in [2.05, 4.69) is 31.1 Å². The molecule has 0 heterocycles. The fraction of sp³-hybridized carbons (Fsp3) is 0.500. The molecule has 0 unspecified atom stereocenters. The maximum absolute atomic E-state index is 10.3. The molecule has 0 amide bonds. The van der Waals surface area contributed by atoms with Crippen LogP contribution < -0.4 is 4.74 Å². The number of aliphatic hydroxyl groups excluding tert-OH is 1. The molecular formula is C20H30O3Si. The zero-order valence-electron chi connectivity index (χ0n) is 15.7. The first-order valence-corrected chi connectivity index (χ1v) is 11.8. The Bertz CT molecular complexity index is 588. The van der Waals surface area contributed by atoms with E-state index in [0.29, 0.717) is 13.2 Å². The Labute approximate surface area is 147 Å². The van der Waals surface area contributed by atoms with Crippen molar-refractivity contribution in [2.24, 2.45) is 5.92 Å². The highest BCUT2D eigenvalue weighted by Crippen LogP contribution is 2.14. The van der Waals surface area contributed by atoms with E-state index in [1.807, 2.05) is 44.2 Å². The fourth-order valence-corrected chi connectivity index (χ4v) is 2.67. The van der Waals surface area contributed by atoms with Crippen LogP contribution in [0.25, 0.3) is 0 Å². The number of rotatable bonds is 7. The second-order valence-corrected chi connectivity index (χ2v) is 11.8. The smallest absolute Gasteiger partial charge is 0.129 e. The van der Waals surface area contributed by atoms with E-state index < -0.39 is 14.2 Å². The van der Waals surface area contributed by atoms with Crippen LogP contribution in [0, 0.1) is 17.4 Å². The van der Waals surface area contributed by atoms with E-state index in [1.54, 1.807) is 7.11 Å². The third kappa shape index (κ3) is 7.83. The van der Waals surface area contributed by atoms with Gasteiger partial charge in [-0.1, -0.05) is 37.8 Å². The van der Waals surface area contributed by atoms with Crippen molar-refractivity contribution in [3.63, 3.8) is 0 Å². The summed E-state index contributed by atoms with van der Waals surface area (Å²) in [7, 11) is 0.251. The molecule has 0 saturated carbocycles. The molecule has 4 heteroatoms. The lowest BCUT2D eigenvalue weighted by molar-refractivity contribution is 0.143. The Morgan fingerprint density at radius 3 is 2.42 bits per heavy atom. The predicted octanol–water partition coefficient (Wildman–Crippen LogP) is 4.04. The summed E-state index contributed by atoms with van der Waals surface area (Å²) in [5, 5.41) is 10.3. The second kappa shape index (κ2) is 9.68.